The number of nitrogens with one attached hydrogen (secondary N) is 1. The highest BCUT2D eigenvalue weighted by Crippen LogP contribution is 2.29. The molecule has 0 aliphatic rings. The summed E-state index contributed by atoms with van der Waals surface area (Å²) < 4.78 is 43.7. The van der Waals surface area contributed by atoms with E-state index in [0.29, 0.717) is 23.4 Å². The van der Waals surface area contributed by atoms with E-state index in [0.717, 1.165) is 34.2 Å². The number of hydrogen-bond donors (Lipinski definition) is 2. The molecule has 0 unspecified atom stereocenters. The van der Waals surface area contributed by atoms with Crippen molar-refractivity contribution in [3.63, 3.8) is 0 Å². The summed E-state index contributed by atoms with van der Waals surface area (Å²) in [4.78, 5) is 19.6. The number of fused-ring (bicyclic) bond motifs is 1. The third kappa shape index (κ3) is 6.20. The second-order valence-electron chi connectivity index (χ2n) is 7.76. The van der Waals surface area contributed by atoms with E-state index in [-0.39, 0.29) is 6.61 Å². The highest BCUT2D eigenvalue weighted by atomic mass is 19.4. The Morgan fingerprint density at radius 3 is 2.40 bits per heavy atom. The van der Waals surface area contributed by atoms with Gasteiger partial charge in [-0.25, -0.2) is 4.79 Å². The first-order chi connectivity index (χ1) is 16.8. The molecule has 180 valence electrons. The van der Waals surface area contributed by atoms with Crippen molar-refractivity contribution < 1.29 is 32.6 Å². The van der Waals surface area contributed by atoms with E-state index in [1.54, 1.807) is 24.4 Å². The maximum atomic E-state index is 12.8. The number of nitrogens with zero attached hydrogens (tertiary/aromatic N) is 1. The lowest BCUT2D eigenvalue weighted by molar-refractivity contribution is -0.139. The predicted molar refractivity (Wildman–Crippen MR) is 124 cm³/mol. The smallest absolute Gasteiger partial charge is 0.416 e. The first-order valence-corrected chi connectivity index (χ1v) is 10.6. The van der Waals surface area contributed by atoms with Crippen molar-refractivity contribution in [3.8, 4) is 5.75 Å². The Morgan fingerprint density at radius 1 is 0.971 bits per heavy atom. The van der Waals surface area contributed by atoms with Gasteiger partial charge in [0.1, 0.15) is 12.4 Å². The van der Waals surface area contributed by atoms with Gasteiger partial charge in [-0.1, -0.05) is 47.6 Å². The van der Waals surface area contributed by atoms with E-state index in [1.165, 1.54) is 12.1 Å². The number of oxime groups is 1. The molecule has 4 aromatic rings. The number of H-pyrrole nitrogens is 1. The van der Waals surface area contributed by atoms with Crippen LogP contribution < -0.4 is 4.74 Å². The molecule has 35 heavy (non-hydrogen) atoms. The summed E-state index contributed by atoms with van der Waals surface area (Å²) in [6, 6.07) is 19.5. The number of carboxylic acid groups (broad SMARTS) is 1. The fourth-order valence-electron chi connectivity index (χ4n) is 3.51. The summed E-state index contributed by atoms with van der Waals surface area (Å²) in [6.45, 7) is -0.474. The minimum atomic E-state index is -4.40. The molecule has 0 radical (unpaired) electrons. The SMILES string of the molecule is O=C(O)COc1ccc2[nH]cc(/C(Cc3ccccc3)=N/OCc3ccc(C(F)(F)F)cc3)c2c1. The Hall–Kier alpha value is -4.27. The van der Waals surface area contributed by atoms with Crippen molar-refractivity contribution >= 4 is 22.6 Å². The summed E-state index contributed by atoms with van der Waals surface area (Å²) in [5.74, 6) is -0.687. The zero-order chi connectivity index (χ0) is 24.8. The van der Waals surface area contributed by atoms with Crippen molar-refractivity contribution in [3.05, 3.63) is 101 Å². The van der Waals surface area contributed by atoms with Crippen LogP contribution in [0.25, 0.3) is 10.9 Å². The number of aromatic amines is 1. The second kappa shape index (κ2) is 10.3. The van der Waals surface area contributed by atoms with Gasteiger partial charge in [-0.15, -0.1) is 0 Å². The van der Waals surface area contributed by atoms with Gasteiger partial charge in [-0.3, -0.25) is 0 Å². The zero-order valence-corrected chi connectivity index (χ0v) is 18.4. The molecule has 3 aromatic carbocycles. The minimum absolute atomic E-state index is 0.00818. The quantitative estimate of drug-likeness (QED) is 0.233. The summed E-state index contributed by atoms with van der Waals surface area (Å²) in [6.07, 6.45) is -2.20. The van der Waals surface area contributed by atoms with Gasteiger partial charge in [-0.05, 0) is 41.5 Å². The molecule has 0 aliphatic heterocycles. The molecule has 9 heteroatoms. The van der Waals surface area contributed by atoms with Crippen LogP contribution in [0, 0.1) is 0 Å². The predicted octanol–water partition coefficient (Wildman–Crippen LogP) is 5.81. The van der Waals surface area contributed by atoms with Crippen molar-refractivity contribution in [2.45, 2.75) is 19.2 Å². The maximum Gasteiger partial charge on any atom is 0.416 e. The van der Waals surface area contributed by atoms with E-state index >= 15 is 0 Å². The number of alkyl halides is 3. The largest absolute Gasteiger partial charge is 0.482 e. The molecule has 1 aromatic heterocycles. The van der Waals surface area contributed by atoms with Crippen LogP contribution in [0.1, 0.15) is 22.3 Å². The molecular weight excluding hydrogens is 461 g/mol. The Balaban J connectivity index is 1.60. The van der Waals surface area contributed by atoms with Crippen LogP contribution in [0.3, 0.4) is 0 Å². The van der Waals surface area contributed by atoms with Crippen LogP contribution in [-0.4, -0.2) is 28.4 Å². The second-order valence-corrected chi connectivity index (χ2v) is 7.76. The molecule has 2 N–H and O–H groups in total. The number of hydrogen-bond acceptors (Lipinski definition) is 4. The Morgan fingerprint density at radius 2 is 1.71 bits per heavy atom. The van der Waals surface area contributed by atoms with E-state index in [2.05, 4.69) is 10.1 Å². The van der Waals surface area contributed by atoms with Crippen LogP contribution in [-0.2, 0) is 28.8 Å². The molecule has 0 fully saturated rings. The molecule has 0 spiro atoms. The number of carbonyl (C=O) groups is 1. The molecule has 0 aliphatic carbocycles. The normalized spacial score (nSPS) is 12.0. The van der Waals surface area contributed by atoms with Crippen LogP contribution in [0.5, 0.6) is 5.75 Å². The Labute approximate surface area is 198 Å². The van der Waals surface area contributed by atoms with Crippen molar-refractivity contribution in [2.75, 3.05) is 6.61 Å². The van der Waals surface area contributed by atoms with Gasteiger partial charge < -0.3 is 19.7 Å². The summed E-state index contributed by atoms with van der Waals surface area (Å²) >= 11 is 0. The van der Waals surface area contributed by atoms with Gasteiger partial charge >= 0.3 is 12.1 Å². The van der Waals surface area contributed by atoms with Crippen molar-refractivity contribution in [1.82, 2.24) is 4.98 Å². The lowest BCUT2D eigenvalue weighted by Crippen LogP contribution is -2.09. The van der Waals surface area contributed by atoms with Gasteiger partial charge in [0.15, 0.2) is 6.61 Å². The monoisotopic (exact) mass is 482 g/mol. The number of aliphatic carboxylic acids is 1. The first-order valence-electron chi connectivity index (χ1n) is 10.6. The number of aromatic nitrogens is 1. The summed E-state index contributed by atoms with van der Waals surface area (Å²) in [5.41, 5.74) is 2.92. The van der Waals surface area contributed by atoms with Gasteiger partial charge in [0, 0.05) is 29.1 Å². The third-order valence-corrected chi connectivity index (χ3v) is 5.23. The third-order valence-electron chi connectivity index (χ3n) is 5.23. The topological polar surface area (TPSA) is 83.9 Å². The summed E-state index contributed by atoms with van der Waals surface area (Å²) in [5, 5.41) is 14.0. The van der Waals surface area contributed by atoms with Gasteiger partial charge in [0.05, 0.1) is 11.3 Å². The van der Waals surface area contributed by atoms with Gasteiger partial charge in [-0.2, -0.15) is 13.2 Å². The molecule has 0 atom stereocenters. The highest BCUT2D eigenvalue weighted by Gasteiger charge is 2.29. The van der Waals surface area contributed by atoms with E-state index in [1.807, 2.05) is 30.3 Å². The van der Waals surface area contributed by atoms with E-state index in [4.69, 9.17) is 14.7 Å². The van der Waals surface area contributed by atoms with Crippen molar-refractivity contribution in [2.24, 2.45) is 5.16 Å². The molecule has 0 saturated carbocycles. The van der Waals surface area contributed by atoms with Crippen molar-refractivity contribution in [1.29, 1.82) is 0 Å². The van der Waals surface area contributed by atoms with Gasteiger partial charge in [0.25, 0.3) is 0 Å². The summed E-state index contributed by atoms with van der Waals surface area (Å²) in [7, 11) is 0. The number of rotatable bonds is 9. The molecular formula is C26H21F3N2O4. The van der Waals surface area contributed by atoms with Crippen LogP contribution in [0.15, 0.2) is 84.1 Å². The van der Waals surface area contributed by atoms with Crippen LogP contribution in [0.4, 0.5) is 13.2 Å². The number of carboxylic acids is 1. The van der Waals surface area contributed by atoms with E-state index in [9.17, 15) is 18.0 Å². The molecule has 6 nitrogen and oxygen atoms in total. The average Bonchev–Trinajstić information content (AvgIpc) is 3.26. The zero-order valence-electron chi connectivity index (χ0n) is 18.4. The fourth-order valence-corrected chi connectivity index (χ4v) is 3.51. The number of halogens is 3. The fraction of sp³-hybridized carbons (Fsp3) is 0.154. The average molecular weight is 482 g/mol. The number of ether oxygens (including phenoxy) is 1. The molecule has 0 amide bonds. The first kappa shape index (κ1) is 23.9. The highest BCUT2D eigenvalue weighted by molar-refractivity contribution is 6.11. The standard InChI is InChI=1S/C26H21F3N2O4/c27-26(28,29)19-8-6-18(7-9-19)15-35-31-24(12-17-4-2-1-3-5-17)22-14-30-23-11-10-20(13-21(22)23)34-16-25(32)33/h1-11,13-14,30H,12,15-16H2,(H,32,33)/b31-24+. The minimum Gasteiger partial charge on any atom is -0.482 e. The Bertz CT molecular complexity index is 1330. The molecule has 0 saturated heterocycles. The van der Waals surface area contributed by atoms with Gasteiger partial charge in [0.2, 0.25) is 0 Å². The molecule has 1 heterocycles. The lowest BCUT2D eigenvalue weighted by Gasteiger charge is -2.09. The van der Waals surface area contributed by atoms with Crippen LogP contribution in [0.2, 0.25) is 0 Å². The Kier molecular flexibility index (Phi) is 7.05. The van der Waals surface area contributed by atoms with E-state index < -0.39 is 24.3 Å². The van der Waals surface area contributed by atoms with Crippen LogP contribution >= 0.6 is 0 Å². The maximum absolute atomic E-state index is 12.8. The lowest BCUT2D eigenvalue weighted by atomic mass is 10.0. The number of benzene rings is 3. The molecule has 0 bridgehead atoms. The molecule has 4 rings (SSSR count).